The molecule has 0 saturated heterocycles. The number of hydrogen-bond donors (Lipinski definition) is 2. The number of hydrogen-bond acceptors (Lipinski definition) is 6. The highest BCUT2D eigenvalue weighted by molar-refractivity contribution is 5.69. The molecule has 2 rings (SSSR count). The number of aliphatic hydroxyl groups excluding tert-OH is 2. The van der Waals surface area contributed by atoms with Crippen molar-refractivity contribution in [1.82, 2.24) is 0 Å². The zero-order valence-corrected chi connectivity index (χ0v) is 19.3. The van der Waals surface area contributed by atoms with Crippen molar-refractivity contribution in [2.24, 2.45) is 17.3 Å². The van der Waals surface area contributed by atoms with Crippen LogP contribution in [0.4, 0.5) is 0 Å². The van der Waals surface area contributed by atoms with Gasteiger partial charge in [-0.1, -0.05) is 32.1 Å². The Morgan fingerprint density at radius 1 is 0.774 bits per heavy atom. The second-order valence-electron chi connectivity index (χ2n) is 9.86. The summed E-state index contributed by atoms with van der Waals surface area (Å²) in [5.74, 6) is 1.21. The molecule has 6 heteroatoms. The van der Waals surface area contributed by atoms with Crippen LogP contribution >= 0.6 is 0 Å². The molecule has 31 heavy (non-hydrogen) atoms. The van der Waals surface area contributed by atoms with Gasteiger partial charge in [-0.05, 0) is 69.6 Å². The summed E-state index contributed by atoms with van der Waals surface area (Å²) in [5, 5.41) is 17.7. The third-order valence-corrected chi connectivity index (χ3v) is 7.07. The van der Waals surface area contributed by atoms with Crippen LogP contribution in [0.3, 0.4) is 0 Å². The molecule has 0 aromatic carbocycles. The number of carbonyl (C=O) groups is 2. The first kappa shape index (κ1) is 26.1. The van der Waals surface area contributed by atoms with Crippen LogP contribution in [0, 0.1) is 17.3 Å². The van der Waals surface area contributed by atoms with Crippen LogP contribution in [0.25, 0.3) is 0 Å². The highest BCUT2D eigenvalue weighted by Gasteiger charge is 2.42. The molecule has 0 spiro atoms. The molecule has 0 radical (unpaired) electrons. The fourth-order valence-electron chi connectivity index (χ4n) is 5.60. The van der Waals surface area contributed by atoms with E-state index in [0.717, 1.165) is 76.0 Å². The Morgan fingerprint density at radius 3 is 1.94 bits per heavy atom. The molecule has 0 aromatic heterocycles. The fourth-order valence-corrected chi connectivity index (χ4v) is 5.60. The lowest BCUT2D eigenvalue weighted by molar-refractivity contribution is -0.150. The summed E-state index contributed by atoms with van der Waals surface area (Å²) >= 11 is 0. The van der Waals surface area contributed by atoms with Crippen LogP contribution in [0.5, 0.6) is 0 Å². The molecule has 0 heterocycles. The predicted molar refractivity (Wildman–Crippen MR) is 119 cm³/mol. The molecule has 2 atom stereocenters. The van der Waals surface area contributed by atoms with Gasteiger partial charge in [0.1, 0.15) is 0 Å². The minimum atomic E-state index is -0.151. The lowest BCUT2D eigenvalue weighted by atomic mass is 9.59. The van der Waals surface area contributed by atoms with Gasteiger partial charge in [0.2, 0.25) is 0 Å². The average Bonchev–Trinajstić information content (AvgIpc) is 2.76. The van der Waals surface area contributed by atoms with Gasteiger partial charge in [-0.2, -0.15) is 0 Å². The number of unbranched alkanes of at least 4 members (excludes halogenated alkanes) is 4. The Kier molecular flexibility index (Phi) is 12.5. The van der Waals surface area contributed by atoms with E-state index < -0.39 is 0 Å². The van der Waals surface area contributed by atoms with E-state index in [1.54, 1.807) is 0 Å². The molecule has 0 amide bonds. The average molecular weight is 441 g/mol. The van der Waals surface area contributed by atoms with Crippen LogP contribution in [0.15, 0.2) is 0 Å². The molecule has 2 aliphatic carbocycles. The summed E-state index contributed by atoms with van der Waals surface area (Å²) in [5.41, 5.74) is 0.0301. The first-order valence-corrected chi connectivity index (χ1v) is 12.6. The van der Waals surface area contributed by atoms with Gasteiger partial charge < -0.3 is 19.7 Å². The summed E-state index contributed by atoms with van der Waals surface area (Å²) in [6.45, 7) is 1.28. The van der Waals surface area contributed by atoms with E-state index in [1.807, 2.05) is 0 Å². The number of esters is 2. The number of fused-ring (bicyclic) bond motifs is 2. The van der Waals surface area contributed by atoms with Crippen LogP contribution in [0.2, 0.25) is 0 Å². The minimum absolute atomic E-state index is 0.0301. The van der Waals surface area contributed by atoms with E-state index in [1.165, 1.54) is 25.7 Å². The monoisotopic (exact) mass is 440 g/mol. The molecule has 180 valence electrons. The molecule has 0 aliphatic heterocycles. The van der Waals surface area contributed by atoms with Crippen LogP contribution < -0.4 is 0 Å². The molecule has 0 aromatic rings. The molecular weight excluding hydrogens is 396 g/mol. The van der Waals surface area contributed by atoms with E-state index in [4.69, 9.17) is 19.7 Å². The Bertz CT molecular complexity index is 508. The topological polar surface area (TPSA) is 93.1 Å². The predicted octanol–water partition coefficient (Wildman–Crippen LogP) is 4.55. The molecule has 6 nitrogen and oxygen atoms in total. The smallest absolute Gasteiger partial charge is 0.305 e. The molecule has 2 saturated carbocycles. The van der Waals surface area contributed by atoms with Gasteiger partial charge >= 0.3 is 11.9 Å². The largest absolute Gasteiger partial charge is 0.466 e. The van der Waals surface area contributed by atoms with Crippen molar-refractivity contribution in [3.05, 3.63) is 0 Å². The van der Waals surface area contributed by atoms with Gasteiger partial charge in [-0.15, -0.1) is 0 Å². The van der Waals surface area contributed by atoms with Gasteiger partial charge in [-0.3, -0.25) is 9.59 Å². The standard InChI is InChI=1S/C25H44O6/c26-14-5-1-3-11-23(28)30-16-8-13-25(18-21-9-7-10-22(17-21)19-25)20-31-24(29)12-4-2-6-15-27/h21-22,26-27H,1-20H2. The number of rotatable bonds is 16. The SMILES string of the molecule is O=C(CCCCCO)OCCCC1(COC(=O)CCCCCO)CC2CCCC(C2)C1. The van der Waals surface area contributed by atoms with Crippen LogP contribution in [-0.4, -0.2) is 48.6 Å². The Balaban J connectivity index is 1.76. The number of aliphatic hydroxyl groups is 2. The van der Waals surface area contributed by atoms with Crippen molar-refractivity contribution in [2.45, 2.75) is 103 Å². The highest BCUT2D eigenvalue weighted by Crippen LogP contribution is 2.51. The highest BCUT2D eigenvalue weighted by atomic mass is 16.5. The first-order valence-electron chi connectivity index (χ1n) is 12.6. The van der Waals surface area contributed by atoms with Crippen molar-refractivity contribution in [1.29, 1.82) is 0 Å². The summed E-state index contributed by atoms with van der Waals surface area (Å²) in [7, 11) is 0. The zero-order chi connectivity index (χ0) is 22.4. The van der Waals surface area contributed by atoms with Gasteiger partial charge in [0, 0.05) is 31.5 Å². The van der Waals surface area contributed by atoms with Crippen molar-refractivity contribution >= 4 is 11.9 Å². The summed E-state index contributed by atoms with van der Waals surface area (Å²) in [6.07, 6.45) is 14.8. The van der Waals surface area contributed by atoms with Crippen LogP contribution in [-0.2, 0) is 19.1 Å². The third-order valence-electron chi connectivity index (χ3n) is 7.07. The van der Waals surface area contributed by atoms with Gasteiger partial charge in [-0.25, -0.2) is 0 Å². The Hall–Kier alpha value is -1.14. The van der Waals surface area contributed by atoms with Gasteiger partial charge in [0.25, 0.3) is 0 Å². The summed E-state index contributed by atoms with van der Waals surface area (Å²) in [6, 6.07) is 0. The van der Waals surface area contributed by atoms with Crippen molar-refractivity contribution in [3.63, 3.8) is 0 Å². The Labute approximate surface area is 188 Å². The molecule has 2 fully saturated rings. The van der Waals surface area contributed by atoms with Crippen molar-refractivity contribution < 1.29 is 29.3 Å². The maximum absolute atomic E-state index is 12.2. The fraction of sp³-hybridized carbons (Fsp3) is 0.920. The van der Waals surface area contributed by atoms with E-state index in [0.29, 0.717) is 26.1 Å². The molecule has 2 N–H and O–H groups in total. The number of carbonyl (C=O) groups excluding carboxylic acids is 2. The van der Waals surface area contributed by atoms with Crippen molar-refractivity contribution in [3.8, 4) is 0 Å². The first-order chi connectivity index (χ1) is 15.1. The van der Waals surface area contributed by atoms with E-state index in [-0.39, 0.29) is 30.6 Å². The van der Waals surface area contributed by atoms with Gasteiger partial charge in [0.15, 0.2) is 0 Å². The second kappa shape index (κ2) is 14.8. The Morgan fingerprint density at radius 2 is 1.35 bits per heavy atom. The zero-order valence-electron chi connectivity index (χ0n) is 19.3. The lowest BCUT2D eigenvalue weighted by Gasteiger charge is -2.47. The van der Waals surface area contributed by atoms with Gasteiger partial charge in [0.05, 0.1) is 13.2 Å². The number of ether oxygens (including phenoxy) is 2. The molecule has 2 bridgehead atoms. The second-order valence-corrected chi connectivity index (χ2v) is 9.86. The minimum Gasteiger partial charge on any atom is -0.466 e. The maximum Gasteiger partial charge on any atom is 0.305 e. The molecular formula is C25H44O6. The van der Waals surface area contributed by atoms with Crippen molar-refractivity contribution in [2.75, 3.05) is 26.4 Å². The lowest BCUT2D eigenvalue weighted by Crippen LogP contribution is -2.40. The molecule has 2 aliphatic rings. The quantitative estimate of drug-likeness (QED) is 0.270. The van der Waals surface area contributed by atoms with Crippen LogP contribution in [0.1, 0.15) is 103 Å². The van der Waals surface area contributed by atoms with E-state index in [2.05, 4.69) is 0 Å². The maximum atomic E-state index is 12.2. The normalized spacial score (nSPS) is 25.2. The molecule has 2 unspecified atom stereocenters. The van der Waals surface area contributed by atoms with E-state index >= 15 is 0 Å². The summed E-state index contributed by atoms with van der Waals surface area (Å²) < 4.78 is 11.2. The third kappa shape index (κ3) is 10.3. The van der Waals surface area contributed by atoms with E-state index in [9.17, 15) is 9.59 Å². The summed E-state index contributed by atoms with van der Waals surface area (Å²) in [4.78, 5) is 24.1.